The number of nitrogens with zero attached hydrogens (tertiary/aromatic N) is 4. The summed E-state index contributed by atoms with van der Waals surface area (Å²) in [6.07, 6.45) is 5.27. The van der Waals surface area contributed by atoms with Crippen LogP contribution in [0.2, 0.25) is 0 Å². The van der Waals surface area contributed by atoms with Crippen molar-refractivity contribution in [2.75, 3.05) is 18.4 Å². The van der Waals surface area contributed by atoms with E-state index < -0.39 is 0 Å². The van der Waals surface area contributed by atoms with Crippen LogP contribution in [0.4, 0.5) is 5.69 Å². The van der Waals surface area contributed by atoms with E-state index in [1.165, 1.54) is 6.92 Å². The third-order valence-corrected chi connectivity index (χ3v) is 5.74. The van der Waals surface area contributed by atoms with Crippen molar-refractivity contribution < 1.29 is 14.1 Å². The van der Waals surface area contributed by atoms with E-state index in [4.69, 9.17) is 4.52 Å². The zero-order valence-electron chi connectivity index (χ0n) is 17.7. The average Bonchev–Trinajstić information content (AvgIpc) is 3.27. The molecule has 2 aromatic heterocycles. The number of rotatable bonds is 5. The van der Waals surface area contributed by atoms with E-state index in [1.807, 2.05) is 41.3 Å². The Morgan fingerprint density at radius 3 is 2.42 bits per heavy atom. The third kappa shape index (κ3) is 4.79. The predicted octanol–water partition coefficient (Wildman–Crippen LogP) is 3.21. The van der Waals surface area contributed by atoms with E-state index in [0.717, 1.165) is 29.7 Å². The number of likely N-dealkylation sites (tertiary alicyclic amines) is 1. The Morgan fingerprint density at radius 2 is 1.77 bits per heavy atom. The molecule has 2 amide bonds. The third-order valence-electron chi connectivity index (χ3n) is 5.74. The molecule has 1 N–H and O–H groups in total. The zero-order valence-corrected chi connectivity index (χ0v) is 17.7. The van der Waals surface area contributed by atoms with E-state index >= 15 is 0 Å². The van der Waals surface area contributed by atoms with E-state index in [2.05, 4.69) is 27.4 Å². The van der Waals surface area contributed by atoms with Crippen LogP contribution in [-0.2, 0) is 21.4 Å². The second-order valence-corrected chi connectivity index (χ2v) is 8.16. The van der Waals surface area contributed by atoms with Crippen LogP contribution in [-0.4, -0.2) is 44.9 Å². The molecule has 1 aliphatic heterocycles. The Kier molecular flexibility index (Phi) is 5.79. The molecule has 3 heterocycles. The quantitative estimate of drug-likeness (QED) is 0.681. The largest absolute Gasteiger partial charge is 0.342 e. The Bertz CT molecular complexity index is 1050. The minimum absolute atomic E-state index is 0.0971. The first kappa shape index (κ1) is 20.7. The Hall–Kier alpha value is -3.55. The highest BCUT2D eigenvalue weighted by atomic mass is 16.5. The second-order valence-electron chi connectivity index (χ2n) is 8.16. The van der Waals surface area contributed by atoms with Gasteiger partial charge < -0.3 is 14.7 Å². The van der Waals surface area contributed by atoms with Gasteiger partial charge in [-0.1, -0.05) is 24.2 Å². The number of piperidine rings is 1. The highest BCUT2D eigenvalue weighted by Crippen LogP contribution is 2.34. The smallest absolute Gasteiger partial charge is 0.258 e. The first-order valence-electron chi connectivity index (χ1n) is 10.3. The molecule has 3 aromatic rings. The number of benzene rings is 1. The van der Waals surface area contributed by atoms with Gasteiger partial charge in [0.05, 0.1) is 6.42 Å². The van der Waals surface area contributed by atoms with Gasteiger partial charge in [-0.05, 0) is 42.7 Å². The fourth-order valence-corrected chi connectivity index (χ4v) is 3.75. The molecule has 0 aliphatic carbocycles. The highest BCUT2D eigenvalue weighted by molar-refractivity contribution is 5.88. The highest BCUT2D eigenvalue weighted by Gasteiger charge is 2.37. The number of aromatic nitrogens is 3. The van der Waals surface area contributed by atoms with Crippen LogP contribution in [0.15, 0.2) is 53.3 Å². The summed E-state index contributed by atoms with van der Waals surface area (Å²) in [7, 11) is 0. The first-order valence-corrected chi connectivity index (χ1v) is 10.3. The summed E-state index contributed by atoms with van der Waals surface area (Å²) in [6, 6.07) is 11.0. The Morgan fingerprint density at radius 1 is 1.10 bits per heavy atom. The summed E-state index contributed by atoms with van der Waals surface area (Å²) < 4.78 is 5.46. The monoisotopic (exact) mass is 419 g/mol. The van der Waals surface area contributed by atoms with Gasteiger partial charge in [0.15, 0.2) is 5.82 Å². The molecule has 1 saturated heterocycles. The molecule has 0 unspecified atom stereocenters. The SMILES string of the molecule is CC(=O)Nc1ccc(CC(=O)N2CCC(C)(c3noc(-c4ccncc4)n3)CC2)cc1. The standard InChI is InChI=1S/C23H25N5O3/c1-16(29)25-19-5-3-17(4-6-19)15-20(30)28-13-9-23(2,10-14-28)22-26-21(31-27-22)18-7-11-24-12-8-18/h3-8,11-12H,9-10,13-15H2,1-2H3,(H,25,29). The summed E-state index contributed by atoms with van der Waals surface area (Å²) in [5.41, 5.74) is 2.26. The van der Waals surface area contributed by atoms with Gasteiger partial charge in [0.25, 0.3) is 5.89 Å². The fraction of sp³-hybridized carbons (Fsp3) is 0.348. The van der Waals surface area contributed by atoms with E-state index in [9.17, 15) is 9.59 Å². The van der Waals surface area contributed by atoms with Gasteiger partial charge in [-0.25, -0.2) is 0 Å². The van der Waals surface area contributed by atoms with Gasteiger partial charge in [-0.2, -0.15) is 4.98 Å². The molecule has 0 radical (unpaired) electrons. The van der Waals surface area contributed by atoms with Crippen molar-refractivity contribution in [2.45, 2.75) is 38.5 Å². The van der Waals surface area contributed by atoms with Crippen LogP contribution in [0.3, 0.4) is 0 Å². The van der Waals surface area contributed by atoms with Gasteiger partial charge in [-0.15, -0.1) is 0 Å². The molecule has 31 heavy (non-hydrogen) atoms. The minimum atomic E-state index is -0.231. The van der Waals surface area contributed by atoms with Crippen molar-refractivity contribution in [3.05, 3.63) is 60.2 Å². The Balaban J connectivity index is 1.35. The maximum Gasteiger partial charge on any atom is 0.258 e. The molecule has 160 valence electrons. The number of anilines is 1. The number of hydrogen-bond acceptors (Lipinski definition) is 6. The molecule has 8 nitrogen and oxygen atoms in total. The van der Waals surface area contributed by atoms with Crippen LogP contribution in [0.1, 0.15) is 38.1 Å². The molecule has 1 aromatic carbocycles. The van der Waals surface area contributed by atoms with Crippen molar-refractivity contribution in [3.8, 4) is 11.5 Å². The van der Waals surface area contributed by atoms with Crippen molar-refractivity contribution in [2.24, 2.45) is 0 Å². The Labute approximate surface area is 180 Å². The molecule has 0 atom stereocenters. The van der Waals surface area contributed by atoms with Crippen LogP contribution >= 0.6 is 0 Å². The fourth-order valence-electron chi connectivity index (χ4n) is 3.75. The van der Waals surface area contributed by atoms with Gasteiger partial charge in [0.1, 0.15) is 0 Å². The molecular formula is C23H25N5O3. The van der Waals surface area contributed by atoms with E-state index in [0.29, 0.717) is 31.2 Å². The van der Waals surface area contributed by atoms with Gasteiger partial charge in [0.2, 0.25) is 11.8 Å². The predicted molar refractivity (Wildman–Crippen MR) is 115 cm³/mol. The normalized spacial score (nSPS) is 15.5. The first-order chi connectivity index (χ1) is 14.9. The van der Waals surface area contributed by atoms with Crippen molar-refractivity contribution in [3.63, 3.8) is 0 Å². The number of hydrogen-bond donors (Lipinski definition) is 1. The molecule has 1 fully saturated rings. The number of pyridine rings is 1. The topological polar surface area (TPSA) is 101 Å². The summed E-state index contributed by atoms with van der Waals surface area (Å²) in [6.45, 7) is 4.89. The summed E-state index contributed by atoms with van der Waals surface area (Å²) >= 11 is 0. The number of carbonyl (C=O) groups is 2. The molecule has 4 rings (SSSR count). The maximum absolute atomic E-state index is 12.8. The minimum Gasteiger partial charge on any atom is -0.342 e. The molecule has 0 saturated carbocycles. The lowest BCUT2D eigenvalue weighted by Gasteiger charge is -2.37. The van der Waals surface area contributed by atoms with Crippen LogP contribution in [0.5, 0.6) is 0 Å². The average molecular weight is 419 g/mol. The van der Waals surface area contributed by atoms with Gasteiger partial charge >= 0.3 is 0 Å². The lowest BCUT2D eigenvalue weighted by atomic mass is 9.79. The second kappa shape index (κ2) is 8.67. The molecule has 0 spiro atoms. The summed E-state index contributed by atoms with van der Waals surface area (Å²) in [5, 5.41) is 6.94. The number of carbonyl (C=O) groups excluding carboxylic acids is 2. The lowest BCUT2D eigenvalue weighted by molar-refractivity contribution is -0.132. The van der Waals surface area contributed by atoms with Crippen molar-refractivity contribution in [1.82, 2.24) is 20.0 Å². The summed E-state index contributed by atoms with van der Waals surface area (Å²) in [4.78, 5) is 34.4. The van der Waals surface area contributed by atoms with Crippen molar-refractivity contribution >= 4 is 17.5 Å². The number of amides is 2. The van der Waals surface area contributed by atoms with Crippen molar-refractivity contribution in [1.29, 1.82) is 0 Å². The van der Waals surface area contributed by atoms with Crippen LogP contribution in [0, 0.1) is 0 Å². The molecule has 1 aliphatic rings. The van der Waals surface area contributed by atoms with Gasteiger partial charge in [-0.3, -0.25) is 14.6 Å². The molecule has 0 bridgehead atoms. The van der Waals surface area contributed by atoms with Crippen LogP contribution < -0.4 is 5.32 Å². The van der Waals surface area contributed by atoms with E-state index in [1.54, 1.807) is 12.4 Å². The zero-order chi connectivity index (χ0) is 21.8. The molecule has 8 heteroatoms. The van der Waals surface area contributed by atoms with Crippen LogP contribution in [0.25, 0.3) is 11.5 Å². The summed E-state index contributed by atoms with van der Waals surface area (Å²) in [5.74, 6) is 1.15. The molecular weight excluding hydrogens is 394 g/mol. The maximum atomic E-state index is 12.8. The number of nitrogens with one attached hydrogen (secondary N) is 1. The lowest BCUT2D eigenvalue weighted by Crippen LogP contribution is -2.44. The van der Waals surface area contributed by atoms with E-state index in [-0.39, 0.29) is 17.2 Å². The van der Waals surface area contributed by atoms with Gasteiger partial charge in [0, 0.05) is 49.1 Å².